The average Bonchev–Trinajstić information content (AvgIpc) is 3.67. The molecule has 9 nitrogen and oxygen atoms in total. The number of H-pyrrole nitrogens is 2. The summed E-state index contributed by atoms with van der Waals surface area (Å²) in [5, 5.41) is 4.27. The number of amides is 3. The maximum atomic E-state index is 13.8. The van der Waals surface area contributed by atoms with Crippen molar-refractivity contribution >= 4 is 51.3 Å². The van der Waals surface area contributed by atoms with Crippen LogP contribution in [0.15, 0.2) is 48.5 Å². The quantitative estimate of drug-likeness (QED) is 0.369. The number of rotatable bonds is 4. The van der Waals surface area contributed by atoms with Crippen molar-refractivity contribution in [2.24, 2.45) is 5.41 Å². The number of carbonyl (C=O) groups excluding carboxylic acids is 3. The lowest BCUT2D eigenvalue weighted by Crippen LogP contribution is -2.59. The van der Waals surface area contributed by atoms with Crippen LogP contribution in [0.25, 0.3) is 21.9 Å². The first-order chi connectivity index (χ1) is 18.1. The molecule has 0 unspecified atom stereocenters. The summed E-state index contributed by atoms with van der Waals surface area (Å²) < 4.78 is 0. The second-order valence-electron chi connectivity index (χ2n) is 11.3. The minimum atomic E-state index is -0.740. The highest BCUT2D eigenvalue weighted by Gasteiger charge is 2.50. The Morgan fingerprint density at radius 3 is 2.39 bits per heavy atom. The molecule has 2 aromatic heterocycles. The molecule has 3 N–H and O–H groups in total. The number of aromatic nitrogens is 3. The zero-order valence-electron chi connectivity index (χ0n) is 21.4. The highest BCUT2D eigenvalue weighted by molar-refractivity contribution is 6.35. The number of hydrogen-bond acceptors (Lipinski definition) is 4. The van der Waals surface area contributed by atoms with Gasteiger partial charge in [-0.25, -0.2) is 4.98 Å². The molecule has 10 heteroatoms. The lowest BCUT2D eigenvalue weighted by atomic mass is 9.85. The minimum absolute atomic E-state index is 0.0863. The molecule has 0 radical (unpaired) electrons. The van der Waals surface area contributed by atoms with Gasteiger partial charge in [-0.15, -0.1) is 0 Å². The van der Waals surface area contributed by atoms with Gasteiger partial charge in [0, 0.05) is 29.0 Å². The zero-order chi connectivity index (χ0) is 26.8. The van der Waals surface area contributed by atoms with Gasteiger partial charge in [-0.05, 0) is 42.2 Å². The van der Waals surface area contributed by atoms with Crippen molar-refractivity contribution in [3.63, 3.8) is 0 Å². The number of likely N-dealkylation sites (tertiary alicyclic amines) is 2. The van der Waals surface area contributed by atoms with Crippen molar-refractivity contribution in [1.82, 2.24) is 30.1 Å². The molecule has 2 aliphatic heterocycles. The molecular formula is C28H29ClN6O3. The summed E-state index contributed by atoms with van der Waals surface area (Å²) >= 11 is 6.27. The van der Waals surface area contributed by atoms with Gasteiger partial charge in [-0.2, -0.15) is 0 Å². The van der Waals surface area contributed by atoms with E-state index in [1.807, 2.05) is 67.0 Å². The van der Waals surface area contributed by atoms with Gasteiger partial charge >= 0.3 is 0 Å². The number of benzene rings is 2. The molecule has 196 valence electrons. The van der Waals surface area contributed by atoms with Crippen molar-refractivity contribution in [2.45, 2.75) is 45.3 Å². The molecule has 2 aliphatic rings. The van der Waals surface area contributed by atoms with Gasteiger partial charge in [-0.1, -0.05) is 50.6 Å². The number of halogens is 1. The average molecular weight is 533 g/mol. The summed E-state index contributed by atoms with van der Waals surface area (Å²) in [5.41, 5.74) is 2.14. The highest BCUT2D eigenvalue weighted by Crippen LogP contribution is 2.34. The van der Waals surface area contributed by atoms with Crippen molar-refractivity contribution in [3.8, 4) is 0 Å². The Kier molecular flexibility index (Phi) is 5.72. The third-order valence-electron chi connectivity index (χ3n) is 7.62. The third kappa shape index (κ3) is 4.11. The molecular weight excluding hydrogens is 504 g/mol. The topological polar surface area (TPSA) is 114 Å². The fourth-order valence-electron chi connectivity index (χ4n) is 5.64. The van der Waals surface area contributed by atoms with Crippen LogP contribution < -0.4 is 5.32 Å². The predicted octanol–water partition coefficient (Wildman–Crippen LogP) is 3.97. The van der Waals surface area contributed by atoms with Gasteiger partial charge in [0.25, 0.3) is 11.8 Å². The van der Waals surface area contributed by atoms with Crippen LogP contribution in [0.5, 0.6) is 0 Å². The van der Waals surface area contributed by atoms with Gasteiger partial charge in [0.1, 0.15) is 11.7 Å². The smallest absolute Gasteiger partial charge is 0.290 e. The Bertz CT molecular complexity index is 1550. The Balaban J connectivity index is 1.17. The van der Waals surface area contributed by atoms with Crippen LogP contribution in [-0.4, -0.2) is 73.7 Å². The number of piperazine rings is 1. The van der Waals surface area contributed by atoms with Gasteiger partial charge in [0.05, 0.1) is 23.1 Å². The number of carbonyl (C=O) groups is 3. The molecule has 3 amide bonds. The predicted molar refractivity (Wildman–Crippen MR) is 145 cm³/mol. The summed E-state index contributed by atoms with van der Waals surface area (Å²) in [5.74, 6) is -0.339. The maximum Gasteiger partial charge on any atom is 0.290 e. The first-order valence-electron chi connectivity index (χ1n) is 12.7. The third-order valence-corrected chi connectivity index (χ3v) is 7.95. The summed E-state index contributed by atoms with van der Waals surface area (Å²) in [6.45, 7) is 6.68. The van der Waals surface area contributed by atoms with Gasteiger partial charge in [0.15, 0.2) is 5.82 Å². The van der Waals surface area contributed by atoms with Crippen molar-refractivity contribution in [3.05, 3.63) is 65.1 Å². The van der Waals surface area contributed by atoms with Gasteiger partial charge in [-0.3, -0.25) is 14.4 Å². The van der Waals surface area contributed by atoms with Gasteiger partial charge in [0.2, 0.25) is 5.91 Å². The molecule has 2 saturated heterocycles. The van der Waals surface area contributed by atoms with Gasteiger partial charge < -0.3 is 25.1 Å². The minimum Gasteiger partial charge on any atom is -0.350 e. The molecule has 0 spiro atoms. The Hall–Kier alpha value is -3.85. The molecule has 2 fully saturated rings. The lowest BCUT2D eigenvalue weighted by molar-refractivity contribution is -0.138. The molecule has 0 aliphatic carbocycles. The number of hydrogen-bond donors (Lipinski definition) is 3. The molecule has 2 aromatic carbocycles. The molecule has 6 rings (SSSR count). The van der Waals surface area contributed by atoms with E-state index in [-0.39, 0.29) is 29.8 Å². The van der Waals surface area contributed by atoms with Crippen LogP contribution in [0.2, 0.25) is 5.02 Å². The Morgan fingerprint density at radius 2 is 1.71 bits per heavy atom. The van der Waals surface area contributed by atoms with E-state index in [1.54, 1.807) is 12.1 Å². The second-order valence-corrected chi connectivity index (χ2v) is 11.7. The molecule has 38 heavy (non-hydrogen) atoms. The summed E-state index contributed by atoms with van der Waals surface area (Å²) in [6.07, 6.45) is 0.711. The molecule has 3 atom stereocenters. The van der Waals surface area contributed by atoms with E-state index in [1.165, 1.54) is 0 Å². The van der Waals surface area contributed by atoms with Crippen LogP contribution in [0, 0.1) is 5.41 Å². The number of aromatic amines is 2. The number of nitrogens with one attached hydrogen (secondary N) is 3. The molecule has 4 aromatic rings. The van der Waals surface area contributed by atoms with Crippen LogP contribution in [0.1, 0.15) is 48.3 Å². The van der Waals surface area contributed by atoms with E-state index in [2.05, 4.69) is 20.3 Å². The monoisotopic (exact) mass is 532 g/mol. The Morgan fingerprint density at radius 1 is 1.00 bits per heavy atom. The SMILES string of the molecule is CC(C)(C)[C@H](NC(=O)c1cc2c(Cl)cccc2[nH]1)C(=O)N1C[C@@H]2C[C@H]1CN2C(=O)c1nc2ccccc2[nH]1. The fraction of sp³-hybridized carbons (Fsp3) is 0.357. The summed E-state index contributed by atoms with van der Waals surface area (Å²) in [7, 11) is 0. The van der Waals surface area contributed by atoms with E-state index in [0.29, 0.717) is 36.1 Å². The van der Waals surface area contributed by atoms with Crippen LogP contribution in [-0.2, 0) is 4.79 Å². The van der Waals surface area contributed by atoms with E-state index in [4.69, 9.17) is 11.6 Å². The van der Waals surface area contributed by atoms with E-state index < -0.39 is 11.5 Å². The molecule has 0 saturated carbocycles. The van der Waals surface area contributed by atoms with Crippen LogP contribution >= 0.6 is 11.6 Å². The van der Waals surface area contributed by atoms with Crippen molar-refractivity contribution in [1.29, 1.82) is 0 Å². The van der Waals surface area contributed by atoms with Crippen LogP contribution in [0.4, 0.5) is 0 Å². The summed E-state index contributed by atoms with van der Waals surface area (Å²) in [4.78, 5) is 54.5. The first-order valence-corrected chi connectivity index (χ1v) is 13.1. The number of nitrogens with zero attached hydrogens (tertiary/aromatic N) is 3. The van der Waals surface area contributed by atoms with E-state index >= 15 is 0 Å². The maximum absolute atomic E-state index is 13.8. The molecule has 4 heterocycles. The first kappa shape index (κ1) is 24.5. The second kappa shape index (κ2) is 8.87. The number of fused-ring (bicyclic) bond motifs is 4. The standard InChI is InChI=1S/C28H29ClN6O3/c1-28(2,3)23(33-25(36)22-12-17-18(29)7-6-10-19(17)30-22)26(37)34-13-16-11-15(34)14-35(16)27(38)24-31-20-8-4-5-9-21(20)32-24/h4-10,12,15-16,23,30H,11,13-14H2,1-3H3,(H,31,32)(H,33,36)/t15-,16-,23+/m0/s1. The summed E-state index contributed by atoms with van der Waals surface area (Å²) in [6, 6.07) is 13.7. The highest BCUT2D eigenvalue weighted by atomic mass is 35.5. The number of para-hydroxylation sites is 2. The zero-order valence-corrected chi connectivity index (χ0v) is 22.2. The van der Waals surface area contributed by atoms with E-state index in [0.717, 1.165) is 21.9 Å². The lowest BCUT2D eigenvalue weighted by Gasteiger charge is -2.39. The van der Waals surface area contributed by atoms with Crippen molar-refractivity contribution in [2.75, 3.05) is 13.1 Å². The molecule has 2 bridgehead atoms. The largest absolute Gasteiger partial charge is 0.350 e. The van der Waals surface area contributed by atoms with Crippen LogP contribution in [0.3, 0.4) is 0 Å². The fourth-order valence-corrected chi connectivity index (χ4v) is 5.87. The number of imidazole rings is 1. The Labute approximate surface area is 224 Å². The van der Waals surface area contributed by atoms with Crippen molar-refractivity contribution < 1.29 is 14.4 Å². The van der Waals surface area contributed by atoms with E-state index in [9.17, 15) is 14.4 Å². The normalized spacial score (nSPS) is 19.9.